The van der Waals surface area contributed by atoms with Gasteiger partial charge in [0, 0.05) is 23.8 Å². The Hall–Kier alpha value is -3.25. The quantitative estimate of drug-likeness (QED) is 0.617. The van der Waals surface area contributed by atoms with Crippen molar-refractivity contribution in [3.05, 3.63) is 76.9 Å². The van der Waals surface area contributed by atoms with Gasteiger partial charge in [-0.05, 0) is 35.9 Å². The summed E-state index contributed by atoms with van der Waals surface area (Å²) in [6, 6.07) is 16.2. The SMILES string of the molecule is COc1ccc(OC)c(Nc2ccc(C(=O)NCc3ccccc3Cl)cn2)c1. The zero-order chi connectivity index (χ0) is 19.9. The van der Waals surface area contributed by atoms with Crippen LogP contribution in [0.5, 0.6) is 11.5 Å². The van der Waals surface area contributed by atoms with Gasteiger partial charge in [0.25, 0.3) is 5.91 Å². The summed E-state index contributed by atoms with van der Waals surface area (Å²) >= 11 is 6.11. The molecular weight excluding hydrogens is 378 g/mol. The Kier molecular flexibility index (Phi) is 6.34. The fourth-order valence-corrected chi connectivity index (χ4v) is 2.77. The smallest absolute Gasteiger partial charge is 0.253 e. The first-order valence-electron chi connectivity index (χ1n) is 8.57. The van der Waals surface area contributed by atoms with Crippen molar-refractivity contribution in [3.63, 3.8) is 0 Å². The fraction of sp³-hybridized carbons (Fsp3) is 0.143. The molecule has 0 spiro atoms. The molecule has 7 heteroatoms. The van der Waals surface area contributed by atoms with Gasteiger partial charge >= 0.3 is 0 Å². The molecule has 0 unspecified atom stereocenters. The van der Waals surface area contributed by atoms with Crippen LogP contribution in [-0.2, 0) is 6.54 Å². The van der Waals surface area contributed by atoms with Gasteiger partial charge in [-0.25, -0.2) is 4.98 Å². The van der Waals surface area contributed by atoms with Crippen molar-refractivity contribution >= 4 is 29.0 Å². The molecule has 0 aliphatic heterocycles. The first-order valence-corrected chi connectivity index (χ1v) is 8.95. The summed E-state index contributed by atoms with van der Waals surface area (Å²) in [6.07, 6.45) is 1.51. The van der Waals surface area contributed by atoms with Crippen molar-refractivity contribution in [1.82, 2.24) is 10.3 Å². The summed E-state index contributed by atoms with van der Waals surface area (Å²) in [6.45, 7) is 0.347. The number of benzene rings is 2. The number of halogens is 1. The molecule has 0 atom stereocenters. The second-order valence-corrected chi connectivity index (χ2v) is 6.30. The number of ether oxygens (including phenoxy) is 2. The van der Waals surface area contributed by atoms with Gasteiger partial charge in [-0.1, -0.05) is 29.8 Å². The van der Waals surface area contributed by atoms with Crippen LogP contribution >= 0.6 is 11.6 Å². The Bertz CT molecular complexity index is 961. The van der Waals surface area contributed by atoms with Gasteiger partial charge in [0.05, 0.1) is 25.5 Å². The van der Waals surface area contributed by atoms with Crippen molar-refractivity contribution in [2.45, 2.75) is 6.54 Å². The van der Waals surface area contributed by atoms with Gasteiger partial charge in [-0.3, -0.25) is 4.79 Å². The molecule has 6 nitrogen and oxygen atoms in total. The summed E-state index contributed by atoms with van der Waals surface area (Å²) in [5, 5.41) is 6.62. The number of aromatic nitrogens is 1. The first kappa shape index (κ1) is 19.5. The molecule has 28 heavy (non-hydrogen) atoms. The minimum absolute atomic E-state index is 0.224. The van der Waals surface area contributed by atoms with E-state index in [1.54, 1.807) is 38.5 Å². The number of carbonyl (C=O) groups is 1. The summed E-state index contributed by atoms with van der Waals surface area (Å²) in [5.41, 5.74) is 2.02. The Morgan fingerprint density at radius 2 is 1.89 bits per heavy atom. The van der Waals surface area contributed by atoms with E-state index in [2.05, 4.69) is 15.6 Å². The molecule has 0 saturated carbocycles. The lowest BCUT2D eigenvalue weighted by molar-refractivity contribution is 0.0950. The number of rotatable bonds is 7. The van der Waals surface area contributed by atoms with Crippen molar-refractivity contribution < 1.29 is 14.3 Å². The van der Waals surface area contributed by atoms with E-state index >= 15 is 0 Å². The molecule has 1 aromatic heterocycles. The summed E-state index contributed by atoms with van der Waals surface area (Å²) in [7, 11) is 3.19. The number of hydrogen-bond acceptors (Lipinski definition) is 5. The van der Waals surface area contributed by atoms with E-state index < -0.39 is 0 Å². The van der Waals surface area contributed by atoms with Crippen LogP contribution in [0.1, 0.15) is 15.9 Å². The summed E-state index contributed by atoms with van der Waals surface area (Å²) < 4.78 is 10.6. The van der Waals surface area contributed by atoms with E-state index in [-0.39, 0.29) is 5.91 Å². The Morgan fingerprint density at radius 1 is 1.07 bits per heavy atom. The molecule has 1 amide bonds. The molecule has 0 saturated heterocycles. The van der Waals surface area contributed by atoms with Gasteiger partial charge in [0.2, 0.25) is 0 Å². The monoisotopic (exact) mass is 397 g/mol. The van der Waals surface area contributed by atoms with Gasteiger partial charge in [0.15, 0.2) is 0 Å². The van der Waals surface area contributed by atoms with Crippen LogP contribution < -0.4 is 20.1 Å². The third-order valence-electron chi connectivity index (χ3n) is 4.09. The van der Waals surface area contributed by atoms with Gasteiger partial charge < -0.3 is 20.1 Å². The van der Waals surface area contributed by atoms with Crippen molar-refractivity contribution in [1.29, 1.82) is 0 Å². The standard InChI is InChI=1S/C21H20ClN3O3/c1-27-16-8-9-19(28-2)18(11-16)25-20-10-7-15(13-23-20)21(26)24-12-14-5-3-4-6-17(14)22/h3-11,13H,12H2,1-2H3,(H,23,25)(H,24,26). The summed E-state index contributed by atoms with van der Waals surface area (Å²) in [4.78, 5) is 16.6. The van der Waals surface area contributed by atoms with E-state index in [1.165, 1.54) is 6.20 Å². The van der Waals surface area contributed by atoms with E-state index in [9.17, 15) is 4.79 Å². The van der Waals surface area contributed by atoms with E-state index in [0.29, 0.717) is 40.1 Å². The molecule has 3 rings (SSSR count). The largest absolute Gasteiger partial charge is 0.497 e. The van der Waals surface area contributed by atoms with Crippen LogP contribution in [0.2, 0.25) is 5.02 Å². The molecule has 0 radical (unpaired) electrons. The maximum absolute atomic E-state index is 12.3. The maximum Gasteiger partial charge on any atom is 0.253 e. The highest BCUT2D eigenvalue weighted by atomic mass is 35.5. The molecule has 0 aliphatic rings. The molecule has 0 aliphatic carbocycles. The highest BCUT2D eigenvalue weighted by molar-refractivity contribution is 6.31. The molecule has 2 N–H and O–H groups in total. The molecule has 3 aromatic rings. The highest BCUT2D eigenvalue weighted by Gasteiger charge is 2.09. The normalized spacial score (nSPS) is 10.2. The predicted molar refractivity (Wildman–Crippen MR) is 110 cm³/mol. The van der Waals surface area contributed by atoms with Crippen molar-refractivity contribution in [3.8, 4) is 11.5 Å². The number of amides is 1. The molecule has 1 heterocycles. The Balaban J connectivity index is 1.66. The van der Waals surface area contributed by atoms with Gasteiger partial charge in [-0.15, -0.1) is 0 Å². The second kappa shape index (κ2) is 9.10. The zero-order valence-corrected chi connectivity index (χ0v) is 16.3. The molecular formula is C21H20ClN3O3. The van der Waals surface area contributed by atoms with E-state index in [1.807, 2.05) is 30.3 Å². The molecule has 0 bridgehead atoms. The number of methoxy groups -OCH3 is 2. The van der Waals surface area contributed by atoms with Gasteiger partial charge in [0.1, 0.15) is 17.3 Å². The first-order chi connectivity index (χ1) is 13.6. The number of anilines is 2. The molecule has 0 fully saturated rings. The van der Waals surface area contributed by atoms with Gasteiger partial charge in [-0.2, -0.15) is 0 Å². The average molecular weight is 398 g/mol. The van der Waals surface area contributed by atoms with Crippen molar-refractivity contribution in [2.75, 3.05) is 19.5 Å². The van der Waals surface area contributed by atoms with Crippen LogP contribution in [0.4, 0.5) is 11.5 Å². The van der Waals surface area contributed by atoms with Crippen LogP contribution in [-0.4, -0.2) is 25.1 Å². The Morgan fingerprint density at radius 3 is 2.57 bits per heavy atom. The Labute approximate surface area is 168 Å². The molecule has 144 valence electrons. The summed E-state index contributed by atoms with van der Waals surface area (Å²) in [5.74, 6) is 1.70. The lowest BCUT2D eigenvalue weighted by Crippen LogP contribution is -2.23. The number of hydrogen-bond donors (Lipinski definition) is 2. The minimum Gasteiger partial charge on any atom is -0.497 e. The third-order valence-corrected chi connectivity index (χ3v) is 4.46. The van der Waals surface area contributed by atoms with Crippen LogP contribution in [0, 0.1) is 0 Å². The third kappa shape index (κ3) is 4.72. The maximum atomic E-state index is 12.3. The van der Waals surface area contributed by atoms with E-state index in [0.717, 1.165) is 5.56 Å². The zero-order valence-electron chi connectivity index (χ0n) is 15.5. The lowest BCUT2D eigenvalue weighted by atomic mass is 10.2. The van der Waals surface area contributed by atoms with Crippen LogP contribution in [0.25, 0.3) is 0 Å². The lowest BCUT2D eigenvalue weighted by Gasteiger charge is -2.12. The highest BCUT2D eigenvalue weighted by Crippen LogP contribution is 2.31. The fourth-order valence-electron chi connectivity index (χ4n) is 2.57. The number of pyridine rings is 1. The number of nitrogens with one attached hydrogen (secondary N) is 2. The average Bonchev–Trinajstić information content (AvgIpc) is 2.73. The minimum atomic E-state index is -0.224. The molecule has 2 aromatic carbocycles. The van der Waals surface area contributed by atoms with Crippen molar-refractivity contribution in [2.24, 2.45) is 0 Å². The predicted octanol–water partition coefficient (Wildman–Crippen LogP) is 4.43. The number of nitrogens with zero attached hydrogens (tertiary/aromatic N) is 1. The van der Waals surface area contributed by atoms with E-state index in [4.69, 9.17) is 21.1 Å². The van der Waals surface area contributed by atoms with Crippen LogP contribution in [0.3, 0.4) is 0 Å². The second-order valence-electron chi connectivity index (χ2n) is 5.90. The number of carbonyl (C=O) groups excluding carboxylic acids is 1. The topological polar surface area (TPSA) is 72.5 Å². The van der Waals surface area contributed by atoms with Crippen LogP contribution in [0.15, 0.2) is 60.8 Å².